The molecule has 0 saturated heterocycles. The number of nitrogens with zero attached hydrogens (tertiary/aromatic N) is 1. The molecule has 2 nitrogen and oxygen atoms in total. The average Bonchev–Trinajstić information content (AvgIpc) is 2.10. The summed E-state index contributed by atoms with van der Waals surface area (Å²) in [6, 6.07) is 4.70. The standard InChI is InChI=1S/C11H16BrFN2/c1-15(2)7-10(14)6-8-5-9(13)3-4-11(8)12/h3-5,10H,6-7,14H2,1-2H3. The molecule has 0 bridgehead atoms. The Kier molecular flexibility index (Phi) is 4.70. The third-order valence-electron chi connectivity index (χ3n) is 2.09. The molecule has 1 rings (SSSR count). The number of hydrogen-bond donors (Lipinski definition) is 1. The number of halogens is 2. The number of benzene rings is 1. The van der Waals surface area contributed by atoms with Crippen LogP contribution >= 0.6 is 15.9 Å². The summed E-state index contributed by atoms with van der Waals surface area (Å²) in [5.41, 5.74) is 6.86. The highest BCUT2D eigenvalue weighted by molar-refractivity contribution is 9.10. The molecule has 0 aliphatic carbocycles. The van der Waals surface area contributed by atoms with Crippen molar-refractivity contribution in [3.63, 3.8) is 0 Å². The van der Waals surface area contributed by atoms with Gasteiger partial charge >= 0.3 is 0 Å². The second kappa shape index (κ2) is 5.58. The maximum absolute atomic E-state index is 13.0. The smallest absolute Gasteiger partial charge is 0.123 e. The van der Waals surface area contributed by atoms with E-state index in [0.29, 0.717) is 6.42 Å². The van der Waals surface area contributed by atoms with Gasteiger partial charge in [-0.1, -0.05) is 15.9 Å². The quantitative estimate of drug-likeness (QED) is 0.911. The highest BCUT2D eigenvalue weighted by Gasteiger charge is 2.08. The zero-order chi connectivity index (χ0) is 11.4. The van der Waals surface area contributed by atoms with Crippen molar-refractivity contribution in [1.29, 1.82) is 0 Å². The van der Waals surface area contributed by atoms with E-state index in [-0.39, 0.29) is 11.9 Å². The lowest BCUT2D eigenvalue weighted by Crippen LogP contribution is -2.35. The molecule has 2 N–H and O–H groups in total. The minimum Gasteiger partial charge on any atom is -0.326 e. The number of hydrogen-bond acceptors (Lipinski definition) is 2. The molecule has 1 atom stereocenters. The van der Waals surface area contributed by atoms with Gasteiger partial charge in [0.05, 0.1) is 0 Å². The molecule has 4 heteroatoms. The van der Waals surface area contributed by atoms with Crippen molar-refractivity contribution in [2.75, 3.05) is 20.6 Å². The van der Waals surface area contributed by atoms with E-state index in [2.05, 4.69) is 15.9 Å². The van der Waals surface area contributed by atoms with Crippen molar-refractivity contribution in [2.45, 2.75) is 12.5 Å². The molecule has 84 valence electrons. The molecule has 15 heavy (non-hydrogen) atoms. The summed E-state index contributed by atoms with van der Waals surface area (Å²) in [5.74, 6) is -0.217. The molecule has 0 amide bonds. The van der Waals surface area contributed by atoms with Gasteiger partial charge in [0, 0.05) is 17.1 Å². The van der Waals surface area contributed by atoms with Crippen LogP contribution in [0.4, 0.5) is 4.39 Å². The topological polar surface area (TPSA) is 29.3 Å². The summed E-state index contributed by atoms with van der Waals surface area (Å²) in [6.45, 7) is 0.795. The molecule has 0 aromatic heterocycles. The Hall–Kier alpha value is -0.450. The predicted molar refractivity (Wildman–Crippen MR) is 64.3 cm³/mol. The van der Waals surface area contributed by atoms with Gasteiger partial charge in [0.1, 0.15) is 5.82 Å². The number of nitrogens with two attached hydrogens (primary N) is 1. The lowest BCUT2D eigenvalue weighted by atomic mass is 10.1. The fourth-order valence-electron chi connectivity index (χ4n) is 1.52. The highest BCUT2D eigenvalue weighted by Crippen LogP contribution is 2.19. The highest BCUT2D eigenvalue weighted by atomic mass is 79.9. The van der Waals surface area contributed by atoms with E-state index in [4.69, 9.17) is 5.73 Å². The van der Waals surface area contributed by atoms with Crippen LogP contribution in [0.2, 0.25) is 0 Å². The Bertz CT molecular complexity index is 328. The number of rotatable bonds is 4. The maximum Gasteiger partial charge on any atom is 0.123 e. The Morgan fingerprint density at radius 2 is 2.13 bits per heavy atom. The predicted octanol–water partition coefficient (Wildman–Crippen LogP) is 2.02. The van der Waals surface area contributed by atoms with Crippen molar-refractivity contribution in [3.8, 4) is 0 Å². The Morgan fingerprint density at radius 1 is 1.47 bits per heavy atom. The molecular formula is C11H16BrFN2. The zero-order valence-corrected chi connectivity index (χ0v) is 10.6. The van der Waals surface area contributed by atoms with Crippen LogP contribution in [0.1, 0.15) is 5.56 Å². The van der Waals surface area contributed by atoms with E-state index in [1.165, 1.54) is 12.1 Å². The van der Waals surface area contributed by atoms with Gasteiger partial charge in [-0.05, 0) is 44.3 Å². The fraction of sp³-hybridized carbons (Fsp3) is 0.455. The Morgan fingerprint density at radius 3 is 2.73 bits per heavy atom. The van der Waals surface area contributed by atoms with Gasteiger partial charge < -0.3 is 10.6 Å². The van der Waals surface area contributed by atoms with E-state index < -0.39 is 0 Å². The summed E-state index contributed by atoms with van der Waals surface area (Å²) in [4.78, 5) is 2.03. The molecule has 0 aliphatic heterocycles. The van der Waals surface area contributed by atoms with Gasteiger partial charge in [-0.15, -0.1) is 0 Å². The van der Waals surface area contributed by atoms with Crippen molar-refractivity contribution in [1.82, 2.24) is 4.90 Å². The molecule has 0 radical (unpaired) electrons. The largest absolute Gasteiger partial charge is 0.326 e. The molecule has 1 aromatic rings. The summed E-state index contributed by atoms with van der Waals surface area (Å²) in [7, 11) is 3.95. The zero-order valence-electron chi connectivity index (χ0n) is 9.00. The molecule has 0 fully saturated rings. The van der Waals surface area contributed by atoms with Crippen LogP contribution in [0.3, 0.4) is 0 Å². The Labute approximate surface area is 98.4 Å². The van der Waals surface area contributed by atoms with Gasteiger partial charge in [-0.25, -0.2) is 4.39 Å². The lowest BCUT2D eigenvalue weighted by molar-refractivity contribution is 0.371. The first-order valence-electron chi connectivity index (χ1n) is 4.83. The minimum absolute atomic E-state index is 0.0260. The molecule has 0 saturated carbocycles. The van der Waals surface area contributed by atoms with Crippen molar-refractivity contribution < 1.29 is 4.39 Å². The van der Waals surface area contributed by atoms with Gasteiger partial charge in [-0.3, -0.25) is 0 Å². The van der Waals surface area contributed by atoms with Crippen molar-refractivity contribution >= 4 is 15.9 Å². The average molecular weight is 275 g/mol. The second-order valence-electron chi connectivity index (χ2n) is 3.96. The third-order valence-corrected chi connectivity index (χ3v) is 2.86. The molecule has 0 heterocycles. The van der Waals surface area contributed by atoms with E-state index in [1.807, 2.05) is 19.0 Å². The molecule has 1 aromatic carbocycles. The van der Waals surface area contributed by atoms with Crippen LogP contribution in [0.5, 0.6) is 0 Å². The third kappa shape index (κ3) is 4.28. The number of likely N-dealkylation sites (N-methyl/N-ethyl adjacent to an activating group) is 1. The molecule has 1 unspecified atom stereocenters. The fourth-order valence-corrected chi connectivity index (χ4v) is 1.92. The summed E-state index contributed by atoms with van der Waals surface area (Å²) in [6.07, 6.45) is 0.677. The van der Waals surface area contributed by atoms with E-state index in [0.717, 1.165) is 16.6 Å². The molecule has 0 aliphatic rings. The van der Waals surface area contributed by atoms with Crippen molar-refractivity contribution in [2.24, 2.45) is 5.73 Å². The monoisotopic (exact) mass is 274 g/mol. The van der Waals surface area contributed by atoms with Crippen LogP contribution in [0.25, 0.3) is 0 Å². The van der Waals surface area contributed by atoms with Gasteiger partial charge in [0.15, 0.2) is 0 Å². The molecule has 0 spiro atoms. The van der Waals surface area contributed by atoms with Crippen LogP contribution in [0, 0.1) is 5.82 Å². The van der Waals surface area contributed by atoms with E-state index >= 15 is 0 Å². The molecular weight excluding hydrogens is 259 g/mol. The minimum atomic E-state index is -0.217. The Balaban J connectivity index is 2.67. The van der Waals surface area contributed by atoms with Gasteiger partial charge in [0.25, 0.3) is 0 Å². The van der Waals surface area contributed by atoms with Crippen LogP contribution in [-0.4, -0.2) is 31.6 Å². The van der Waals surface area contributed by atoms with Crippen molar-refractivity contribution in [3.05, 3.63) is 34.1 Å². The normalized spacial score (nSPS) is 13.2. The summed E-state index contributed by atoms with van der Waals surface area (Å²) >= 11 is 3.39. The first kappa shape index (κ1) is 12.6. The van der Waals surface area contributed by atoms with Crippen LogP contribution < -0.4 is 5.73 Å². The first-order valence-corrected chi connectivity index (χ1v) is 5.62. The second-order valence-corrected chi connectivity index (χ2v) is 4.82. The van der Waals surface area contributed by atoms with E-state index in [9.17, 15) is 4.39 Å². The summed E-state index contributed by atoms with van der Waals surface area (Å²) < 4.78 is 13.9. The van der Waals surface area contributed by atoms with Gasteiger partial charge in [0.2, 0.25) is 0 Å². The lowest BCUT2D eigenvalue weighted by Gasteiger charge is -2.17. The van der Waals surface area contributed by atoms with Crippen LogP contribution in [-0.2, 0) is 6.42 Å². The van der Waals surface area contributed by atoms with E-state index in [1.54, 1.807) is 6.07 Å². The first-order chi connectivity index (χ1) is 6.99. The SMILES string of the molecule is CN(C)CC(N)Cc1cc(F)ccc1Br. The van der Waals surface area contributed by atoms with Crippen LogP contribution in [0.15, 0.2) is 22.7 Å². The maximum atomic E-state index is 13.0. The summed E-state index contributed by atoms with van der Waals surface area (Å²) in [5, 5.41) is 0. The van der Waals surface area contributed by atoms with Gasteiger partial charge in [-0.2, -0.15) is 0 Å².